The first-order valence-corrected chi connectivity index (χ1v) is 13.0. The molecular formula is C29H35NO5. The van der Waals surface area contributed by atoms with E-state index in [1.165, 1.54) is 5.57 Å². The number of rotatable bonds is 4. The zero-order valence-electron chi connectivity index (χ0n) is 20.5. The summed E-state index contributed by atoms with van der Waals surface area (Å²) in [7, 11) is 0. The van der Waals surface area contributed by atoms with Crippen LogP contribution in [0.4, 0.5) is 0 Å². The van der Waals surface area contributed by atoms with Crippen molar-refractivity contribution in [2.75, 3.05) is 6.61 Å². The highest BCUT2D eigenvalue weighted by Crippen LogP contribution is 2.67. The van der Waals surface area contributed by atoms with Crippen LogP contribution in [0.25, 0.3) is 10.9 Å². The standard InChI is InChI=1S/C29H35NO5/c1-27-11-8-18(31)14-17(27)6-7-19-21-9-12-29(34,28(21,2)15-23(32)26(19)27)25(33)16-35-24-5-3-4-22-20(24)10-13-30-22/h3-5,10,13-14,19,21,23,26,30,32,34H,6-9,11-12,15-16H2,1-2H3/t19?,21?,23-,26?,27?,28?,29-/m0/s1. The van der Waals surface area contributed by atoms with Gasteiger partial charge in [-0.1, -0.05) is 25.5 Å². The first kappa shape index (κ1) is 23.0. The van der Waals surface area contributed by atoms with Gasteiger partial charge in [-0.05, 0) is 86.0 Å². The predicted octanol–water partition coefficient (Wildman–Crippen LogP) is 4.35. The van der Waals surface area contributed by atoms with E-state index in [2.05, 4.69) is 11.9 Å². The van der Waals surface area contributed by atoms with Gasteiger partial charge in [0.15, 0.2) is 5.78 Å². The fraction of sp³-hybridized carbons (Fsp3) is 0.586. The Balaban J connectivity index is 1.26. The molecule has 0 spiro atoms. The van der Waals surface area contributed by atoms with Crippen molar-refractivity contribution in [2.24, 2.45) is 28.6 Å². The average molecular weight is 478 g/mol. The quantitative estimate of drug-likeness (QED) is 0.608. The summed E-state index contributed by atoms with van der Waals surface area (Å²) >= 11 is 0. The molecule has 1 aromatic carbocycles. The van der Waals surface area contributed by atoms with Gasteiger partial charge >= 0.3 is 0 Å². The van der Waals surface area contributed by atoms with Crippen molar-refractivity contribution in [1.82, 2.24) is 4.98 Å². The molecule has 7 atom stereocenters. The third-order valence-electron chi connectivity index (χ3n) is 10.4. The molecule has 186 valence electrons. The monoisotopic (exact) mass is 477 g/mol. The molecule has 6 rings (SSSR count). The highest BCUT2D eigenvalue weighted by Gasteiger charge is 2.68. The normalized spacial score (nSPS) is 40.6. The van der Waals surface area contributed by atoms with Gasteiger partial charge in [0.05, 0.1) is 6.10 Å². The summed E-state index contributed by atoms with van der Waals surface area (Å²) in [6.07, 6.45) is 7.69. The molecule has 3 N–H and O–H groups in total. The second-order valence-electron chi connectivity index (χ2n) is 11.9. The smallest absolute Gasteiger partial charge is 0.202 e. The summed E-state index contributed by atoms with van der Waals surface area (Å²) in [5.74, 6) is 0.974. The van der Waals surface area contributed by atoms with E-state index < -0.39 is 17.1 Å². The van der Waals surface area contributed by atoms with Crippen LogP contribution in [-0.4, -0.2) is 45.1 Å². The summed E-state index contributed by atoms with van der Waals surface area (Å²) in [6, 6.07) is 7.58. The molecule has 0 bridgehead atoms. The van der Waals surface area contributed by atoms with Crippen LogP contribution in [0, 0.1) is 28.6 Å². The van der Waals surface area contributed by atoms with Crippen LogP contribution in [0.3, 0.4) is 0 Å². The number of Topliss-reactive ketones (excluding diaryl/α,β-unsaturated/α-hetero) is 1. The van der Waals surface area contributed by atoms with E-state index in [9.17, 15) is 19.8 Å². The van der Waals surface area contributed by atoms with Gasteiger partial charge in [-0.15, -0.1) is 0 Å². The maximum Gasteiger partial charge on any atom is 0.202 e. The van der Waals surface area contributed by atoms with Crippen LogP contribution in [0.15, 0.2) is 42.1 Å². The van der Waals surface area contributed by atoms with E-state index in [1.54, 1.807) is 0 Å². The first-order chi connectivity index (χ1) is 16.7. The Bertz CT molecular complexity index is 1230. The molecule has 0 amide bonds. The Kier molecular flexibility index (Phi) is 5.11. The molecule has 0 radical (unpaired) electrons. The molecule has 6 nitrogen and oxygen atoms in total. The second-order valence-corrected chi connectivity index (χ2v) is 11.9. The lowest BCUT2D eigenvalue weighted by Gasteiger charge is -2.60. The van der Waals surface area contributed by atoms with Crippen LogP contribution in [0.2, 0.25) is 0 Å². The molecule has 5 unspecified atom stereocenters. The Hall–Kier alpha value is -2.44. The molecule has 0 saturated heterocycles. The SMILES string of the molecule is CC12CCC(=O)C=C1CCC1C2[C@@H](O)CC2(C)C1CC[C@]2(O)C(=O)COc1cccc2[nH]ccc12. The van der Waals surface area contributed by atoms with Crippen LogP contribution >= 0.6 is 0 Å². The number of aromatic nitrogens is 1. The van der Waals surface area contributed by atoms with Gasteiger partial charge < -0.3 is 19.9 Å². The summed E-state index contributed by atoms with van der Waals surface area (Å²) in [4.78, 5) is 28.8. The second kappa shape index (κ2) is 7.78. The van der Waals surface area contributed by atoms with Crippen molar-refractivity contribution < 1.29 is 24.5 Å². The summed E-state index contributed by atoms with van der Waals surface area (Å²) in [6.45, 7) is 4.03. The highest BCUT2D eigenvalue weighted by atomic mass is 16.5. The molecule has 6 heteroatoms. The van der Waals surface area contributed by atoms with E-state index in [0.717, 1.165) is 36.6 Å². The number of aliphatic hydroxyl groups excluding tert-OH is 1. The Morgan fingerprint density at radius 2 is 2.00 bits per heavy atom. The fourth-order valence-electron chi connectivity index (χ4n) is 8.60. The molecule has 2 aromatic rings. The van der Waals surface area contributed by atoms with Gasteiger partial charge in [0.1, 0.15) is 18.0 Å². The molecule has 35 heavy (non-hydrogen) atoms. The Morgan fingerprint density at radius 3 is 2.83 bits per heavy atom. The lowest BCUT2D eigenvalue weighted by molar-refractivity contribution is -0.181. The number of allylic oxidation sites excluding steroid dienone is 1. The summed E-state index contributed by atoms with van der Waals surface area (Å²) < 4.78 is 5.94. The summed E-state index contributed by atoms with van der Waals surface area (Å²) in [5, 5.41) is 24.3. The van der Waals surface area contributed by atoms with E-state index in [0.29, 0.717) is 25.0 Å². The molecular weight excluding hydrogens is 442 g/mol. The van der Waals surface area contributed by atoms with Crippen LogP contribution in [-0.2, 0) is 9.59 Å². The largest absolute Gasteiger partial charge is 0.485 e. The number of hydrogen-bond acceptors (Lipinski definition) is 5. The average Bonchev–Trinajstić information content (AvgIpc) is 3.41. The van der Waals surface area contributed by atoms with Crippen LogP contribution < -0.4 is 4.74 Å². The van der Waals surface area contributed by atoms with Crippen molar-refractivity contribution in [3.63, 3.8) is 0 Å². The predicted molar refractivity (Wildman–Crippen MR) is 132 cm³/mol. The lowest BCUT2D eigenvalue weighted by atomic mass is 9.45. The van der Waals surface area contributed by atoms with Crippen molar-refractivity contribution in [2.45, 2.75) is 70.5 Å². The minimum Gasteiger partial charge on any atom is -0.485 e. The maximum atomic E-state index is 13.6. The molecule has 1 aromatic heterocycles. The fourth-order valence-corrected chi connectivity index (χ4v) is 8.60. The number of carbonyl (C=O) groups is 2. The van der Waals surface area contributed by atoms with E-state index >= 15 is 0 Å². The number of nitrogens with one attached hydrogen (secondary N) is 1. The summed E-state index contributed by atoms with van der Waals surface area (Å²) in [5.41, 5.74) is -0.271. The van der Waals surface area contributed by atoms with Crippen molar-refractivity contribution in [3.05, 3.63) is 42.1 Å². The number of H-pyrrole nitrogens is 1. The molecule has 3 saturated carbocycles. The minimum atomic E-state index is -1.52. The van der Waals surface area contributed by atoms with Gasteiger partial charge in [-0.2, -0.15) is 0 Å². The van der Waals surface area contributed by atoms with Gasteiger partial charge in [0.2, 0.25) is 5.78 Å². The zero-order chi connectivity index (χ0) is 24.6. The van der Waals surface area contributed by atoms with Crippen LogP contribution in [0.1, 0.15) is 58.8 Å². The van der Waals surface area contributed by atoms with Crippen molar-refractivity contribution in [1.29, 1.82) is 0 Å². The third kappa shape index (κ3) is 3.15. The Labute approximate surface area is 205 Å². The van der Waals surface area contributed by atoms with Crippen LogP contribution in [0.5, 0.6) is 5.75 Å². The van der Waals surface area contributed by atoms with Gasteiger partial charge in [0.25, 0.3) is 0 Å². The Morgan fingerprint density at radius 1 is 1.17 bits per heavy atom. The highest BCUT2D eigenvalue weighted by molar-refractivity contribution is 5.92. The number of aliphatic hydroxyl groups is 2. The zero-order valence-corrected chi connectivity index (χ0v) is 20.5. The number of carbonyl (C=O) groups excluding carboxylic acids is 2. The lowest BCUT2D eigenvalue weighted by Crippen LogP contribution is -2.62. The number of fused-ring (bicyclic) bond motifs is 6. The number of hydrogen-bond donors (Lipinski definition) is 3. The maximum absolute atomic E-state index is 13.6. The van der Waals surface area contributed by atoms with E-state index in [4.69, 9.17) is 4.74 Å². The van der Waals surface area contributed by atoms with Gasteiger partial charge in [-0.3, -0.25) is 9.59 Å². The molecule has 4 aliphatic carbocycles. The molecule has 4 aliphatic rings. The molecule has 3 fully saturated rings. The number of ketones is 2. The number of benzene rings is 1. The minimum absolute atomic E-state index is 0.0635. The van der Waals surface area contributed by atoms with Crippen molar-refractivity contribution >= 4 is 22.5 Å². The number of ether oxygens (including phenoxy) is 1. The topological polar surface area (TPSA) is 99.6 Å². The molecule has 1 heterocycles. The van der Waals surface area contributed by atoms with Gasteiger partial charge in [-0.25, -0.2) is 0 Å². The van der Waals surface area contributed by atoms with E-state index in [-0.39, 0.29) is 41.3 Å². The van der Waals surface area contributed by atoms with E-state index in [1.807, 2.05) is 43.5 Å². The number of aromatic amines is 1. The van der Waals surface area contributed by atoms with Gasteiger partial charge in [0, 0.05) is 28.9 Å². The van der Waals surface area contributed by atoms with Crippen molar-refractivity contribution in [3.8, 4) is 5.75 Å². The molecule has 0 aliphatic heterocycles. The third-order valence-corrected chi connectivity index (χ3v) is 10.4. The first-order valence-electron chi connectivity index (χ1n) is 13.0.